The van der Waals surface area contributed by atoms with E-state index in [2.05, 4.69) is 16.3 Å². The predicted molar refractivity (Wildman–Crippen MR) is 79.5 cm³/mol. The number of carbonyl (C=O) groups excluding carboxylic acids is 1. The molecule has 1 aromatic rings. The highest BCUT2D eigenvalue weighted by Crippen LogP contribution is 2.09. The molecule has 0 saturated carbocycles. The number of nitrogens with one attached hydrogen (secondary N) is 1. The molecule has 1 fully saturated rings. The summed E-state index contributed by atoms with van der Waals surface area (Å²) >= 11 is 0. The third-order valence-corrected chi connectivity index (χ3v) is 3.45. The van der Waals surface area contributed by atoms with Crippen LogP contribution in [-0.4, -0.2) is 43.7 Å². The van der Waals surface area contributed by atoms with Gasteiger partial charge in [-0.05, 0) is 24.1 Å². The molecule has 21 heavy (non-hydrogen) atoms. The van der Waals surface area contributed by atoms with Crippen molar-refractivity contribution in [1.29, 1.82) is 5.26 Å². The smallest absolute Gasteiger partial charge is 0.221 e. The van der Waals surface area contributed by atoms with Gasteiger partial charge >= 0.3 is 0 Å². The third kappa shape index (κ3) is 5.54. The molecular weight excluding hydrogens is 266 g/mol. The fourth-order valence-electron chi connectivity index (χ4n) is 2.37. The van der Waals surface area contributed by atoms with Crippen LogP contribution >= 0.6 is 0 Å². The summed E-state index contributed by atoms with van der Waals surface area (Å²) in [5, 5.41) is 11.8. The first-order valence-electron chi connectivity index (χ1n) is 7.34. The van der Waals surface area contributed by atoms with Crippen molar-refractivity contribution < 1.29 is 9.53 Å². The first-order valence-corrected chi connectivity index (χ1v) is 7.34. The molecule has 5 nitrogen and oxygen atoms in total. The maximum absolute atomic E-state index is 11.7. The molecule has 1 saturated heterocycles. The summed E-state index contributed by atoms with van der Waals surface area (Å²) in [4.78, 5) is 13.9. The molecule has 0 bridgehead atoms. The molecule has 5 heteroatoms. The van der Waals surface area contributed by atoms with Crippen molar-refractivity contribution in [2.75, 3.05) is 32.8 Å². The van der Waals surface area contributed by atoms with E-state index < -0.39 is 0 Å². The molecule has 0 aromatic heterocycles. The first-order chi connectivity index (χ1) is 10.3. The van der Waals surface area contributed by atoms with Gasteiger partial charge in [-0.2, -0.15) is 5.26 Å². The van der Waals surface area contributed by atoms with Gasteiger partial charge in [-0.1, -0.05) is 12.1 Å². The van der Waals surface area contributed by atoms with E-state index in [0.29, 0.717) is 31.7 Å². The fourth-order valence-corrected chi connectivity index (χ4v) is 2.37. The minimum Gasteiger partial charge on any atom is -0.380 e. The number of benzene rings is 1. The van der Waals surface area contributed by atoms with Gasteiger partial charge in [0.05, 0.1) is 18.2 Å². The number of ether oxygens (including phenoxy) is 1. The van der Waals surface area contributed by atoms with Crippen LogP contribution in [0.2, 0.25) is 0 Å². The van der Waals surface area contributed by atoms with Crippen molar-refractivity contribution >= 4 is 5.91 Å². The van der Waals surface area contributed by atoms with Crippen molar-refractivity contribution in [2.45, 2.75) is 19.4 Å². The Morgan fingerprint density at radius 2 is 2.24 bits per heavy atom. The van der Waals surface area contributed by atoms with Gasteiger partial charge in [0.25, 0.3) is 0 Å². The van der Waals surface area contributed by atoms with E-state index in [9.17, 15) is 4.79 Å². The zero-order valence-corrected chi connectivity index (χ0v) is 12.2. The van der Waals surface area contributed by atoms with Crippen molar-refractivity contribution in [2.24, 2.45) is 0 Å². The standard InChI is InChI=1S/C16H21N3O2/c17-12-14-3-1-4-15(11-14)13-19-7-2-9-21-10-6-18-16(20)5-8-19/h1,3-4,11H,2,5-10,13H2,(H,18,20). The second-order valence-corrected chi connectivity index (χ2v) is 5.15. The molecule has 112 valence electrons. The van der Waals surface area contributed by atoms with Gasteiger partial charge in [-0.15, -0.1) is 0 Å². The highest BCUT2D eigenvalue weighted by molar-refractivity contribution is 5.76. The molecule has 1 aliphatic rings. The summed E-state index contributed by atoms with van der Waals surface area (Å²) in [6.45, 7) is 4.25. The molecule has 0 radical (unpaired) electrons. The van der Waals surface area contributed by atoms with Gasteiger partial charge in [0.15, 0.2) is 0 Å². The Morgan fingerprint density at radius 3 is 3.10 bits per heavy atom. The largest absolute Gasteiger partial charge is 0.380 e. The van der Waals surface area contributed by atoms with Crippen LogP contribution in [0.15, 0.2) is 24.3 Å². The summed E-state index contributed by atoms with van der Waals surface area (Å²) in [5.41, 5.74) is 1.77. The number of rotatable bonds is 2. The van der Waals surface area contributed by atoms with E-state index in [1.54, 1.807) is 6.07 Å². The van der Waals surface area contributed by atoms with Crippen molar-refractivity contribution in [3.8, 4) is 6.07 Å². The van der Waals surface area contributed by atoms with Gasteiger partial charge in [0.2, 0.25) is 5.91 Å². The van der Waals surface area contributed by atoms with Crippen LogP contribution in [0.5, 0.6) is 0 Å². The molecule has 1 N–H and O–H groups in total. The number of carbonyl (C=O) groups is 1. The SMILES string of the molecule is N#Cc1cccc(CN2CCCOCCNC(=O)CC2)c1. The Kier molecular flexibility index (Phi) is 6.20. The highest BCUT2D eigenvalue weighted by Gasteiger charge is 2.10. The van der Waals surface area contributed by atoms with E-state index in [4.69, 9.17) is 10.00 Å². The van der Waals surface area contributed by atoms with Crippen molar-refractivity contribution in [3.63, 3.8) is 0 Å². The Morgan fingerprint density at radius 1 is 1.33 bits per heavy atom. The van der Waals surface area contributed by atoms with E-state index in [-0.39, 0.29) is 5.91 Å². The van der Waals surface area contributed by atoms with Crippen LogP contribution in [0.1, 0.15) is 24.0 Å². The average molecular weight is 287 g/mol. The van der Waals surface area contributed by atoms with E-state index in [1.807, 2.05) is 18.2 Å². The van der Waals surface area contributed by atoms with Crippen LogP contribution in [-0.2, 0) is 16.1 Å². The summed E-state index contributed by atoms with van der Waals surface area (Å²) in [7, 11) is 0. The molecule has 1 amide bonds. The minimum absolute atomic E-state index is 0.0660. The van der Waals surface area contributed by atoms with Crippen LogP contribution < -0.4 is 5.32 Å². The maximum Gasteiger partial charge on any atom is 0.221 e. The van der Waals surface area contributed by atoms with Crippen LogP contribution in [0.3, 0.4) is 0 Å². The lowest BCUT2D eigenvalue weighted by atomic mass is 10.1. The lowest BCUT2D eigenvalue weighted by molar-refractivity contribution is -0.121. The number of nitriles is 1. The fraction of sp³-hybridized carbons (Fsp3) is 0.500. The minimum atomic E-state index is 0.0660. The Labute approximate surface area is 125 Å². The predicted octanol–water partition coefficient (Wildman–Crippen LogP) is 1.29. The normalized spacial score (nSPS) is 18.3. The lowest BCUT2D eigenvalue weighted by Gasteiger charge is -2.21. The zero-order chi connectivity index (χ0) is 14.9. The van der Waals surface area contributed by atoms with Gasteiger partial charge in [0.1, 0.15) is 0 Å². The monoisotopic (exact) mass is 287 g/mol. The second-order valence-electron chi connectivity index (χ2n) is 5.15. The number of amides is 1. The van der Waals surface area contributed by atoms with Crippen LogP contribution in [0.25, 0.3) is 0 Å². The third-order valence-electron chi connectivity index (χ3n) is 3.45. The van der Waals surface area contributed by atoms with E-state index in [1.165, 1.54) is 0 Å². The molecule has 1 heterocycles. The van der Waals surface area contributed by atoms with Gasteiger partial charge in [-0.3, -0.25) is 9.69 Å². The number of hydrogen-bond acceptors (Lipinski definition) is 4. The number of hydrogen-bond donors (Lipinski definition) is 1. The zero-order valence-electron chi connectivity index (χ0n) is 12.2. The molecule has 1 aliphatic heterocycles. The topological polar surface area (TPSA) is 65.4 Å². The molecule has 2 rings (SSSR count). The molecule has 0 atom stereocenters. The second kappa shape index (κ2) is 8.40. The summed E-state index contributed by atoms with van der Waals surface area (Å²) < 4.78 is 5.46. The molecular formula is C16H21N3O2. The summed E-state index contributed by atoms with van der Waals surface area (Å²) in [6.07, 6.45) is 1.45. The number of nitrogens with zero attached hydrogens (tertiary/aromatic N) is 2. The molecule has 1 aromatic carbocycles. The van der Waals surface area contributed by atoms with Crippen LogP contribution in [0, 0.1) is 11.3 Å². The summed E-state index contributed by atoms with van der Waals surface area (Å²) in [6, 6.07) is 9.78. The van der Waals surface area contributed by atoms with Crippen molar-refractivity contribution in [1.82, 2.24) is 10.2 Å². The average Bonchev–Trinajstić information content (AvgIpc) is 2.55. The van der Waals surface area contributed by atoms with Crippen LogP contribution in [0.4, 0.5) is 0 Å². The Bertz CT molecular complexity index is 510. The first kappa shape index (κ1) is 15.5. The lowest BCUT2D eigenvalue weighted by Crippen LogP contribution is -2.31. The highest BCUT2D eigenvalue weighted by atomic mass is 16.5. The maximum atomic E-state index is 11.7. The van der Waals surface area contributed by atoms with Crippen molar-refractivity contribution in [3.05, 3.63) is 35.4 Å². The van der Waals surface area contributed by atoms with Gasteiger partial charge in [0, 0.05) is 39.2 Å². The molecule has 0 unspecified atom stereocenters. The van der Waals surface area contributed by atoms with E-state index >= 15 is 0 Å². The van der Waals surface area contributed by atoms with E-state index in [0.717, 1.165) is 31.6 Å². The Hall–Kier alpha value is -1.90. The summed E-state index contributed by atoms with van der Waals surface area (Å²) in [5.74, 6) is 0.0660. The molecule has 0 aliphatic carbocycles. The quantitative estimate of drug-likeness (QED) is 0.890. The van der Waals surface area contributed by atoms with Gasteiger partial charge < -0.3 is 10.1 Å². The molecule has 0 spiro atoms. The van der Waals surface area contributed by atoms with Gasteiger partial charge in [-0.25, -0.2) is 0 Å². The Balaban J connectivity index is 1.97.